The fourth-order valence-electron chi connectivity index (χ4n) is 1.78. The fourth-order valence-corrected chi connectivity index (χ4v) is 2.04. The van der Waals surface area contributed by atoms with Crippen molar-refractivity contribution in [3.8, 4) is 5.75 Å². The third-order valence-corrected chi connectivity index (χ3v) is 3.20. The Morgan fingerprint density at radius 1 is 1.21 bits per heavy atom. The molecule has 19 heavy (non-hydrogen) atoms. The maximum atomic E-state index is 13.1. The summed E-state index contributed by atoms with van der Waals surface area (Å²) in [5, 5.41) is -0.819. The normalized spacial score (nSPS) is 11.9. The maximum absolute atomic E-state index is 13.1. The minimum Gasteiger partial charge on any atom is -0.496 e. The number of ketones is 1. The van der Waals surface area contributed by atoms with Gasteiger partial charge in [-0.05, 0) is 17.7 Å². The number of carbonyl (C=O) groups excluding carboxylic acids is 1. The lowest BCUT2D eigenvalue weighted by Crippen LogP contribution is -2.09. The van der Waals surface area contributed by atoms with Crippen LogP contribution in [-0.2, 0) is 0 Å². The number of halogens is 2. The van der Waals surface area contributed by atoms with Gasteiger partial charge in [0.05, 0.1) is 12.7 Å². The summed E-state index contributed by atoms with van der Waals surface area (Å²) in [6.45, 7) is 0. The molecule has 98 valence electrons. The van der Waals surface area contributed by atoms with Gasteiger partial charge in [-0.15, -0.1) is 11.6 Å². The van der Waals surface area contributed by atoms with Crippen molar-refractivity contribution in [1.82, 2.24) is 0 Å². The number of carbonyl (C=O) groups is 1. The lowest BCUT2D eigenvalue weighted by molar-refractivity contribution is 0.0984. The van der Waals surface area contributed by atoms with Gasteiger partial charge in [-0.3, -0.25) is 4.79 Å². The third-order valence-electron chi connectivity index (χ3n) is 2.75. The largest absolute Gasteiger partial charge is 0.496 e. The molecule has 2 rings (SSSR count). The van der Waals surface area contributed by atoms with E-state index in [-0.39, 0.29) is 17.1 Å². The van der Waals surface area contributed by atoms with Gasteiger partial charge in [0, 0.05) is 6.07 Å². The van der Waals surface area contributed by atoms with Gasteiger partial charge in [0.2, 0.25) is 0 Å². The maximum Gasteiger partial charge on any atom is 0.188 e. The number of ether oxygens (including phenoxy) is 1. The number of Topliss-reactive ketones (excluding diaryl/α,β-unsaturated/α-hetero) is 1. The Morgan fingerprint density at radius 3 is 2.53 bits per heavy atom. The van der Waals surface area contributed by atoms with Crippen LogP contribution >= 0.6 is 11.6 Å². The highest BCUT2D eigenvalue weighted by Crippen LogP contribution is 2.29. The predicted octanol–water partition coefficient (Wildman–Crippen LogP) is 4.00. The molecule has 4 heteroatoms. The number of hydrogen-bond acceptors (Lipinski definition) is 2. The quantitative estimate of drug-likeness (QED) is 0.624. The van der Waals surface area contributed by atoms with Gasteiger partial charge in [0.15, 0.2) is 5.78 Å². The lowest BCUT2D eigenvalue weighted by atomic mass is 10.0. The monoisotopic (exact) mass is 278 g/mol. The van der Waals surface area contributed by atoms with E-state index in [1.807, 2.05) is 6.07 Å². The summed E-state index contributed by atoms with van der Waals surface area (Å²) in [4.78, 5) is 12.3. The summed E-state index contributed by atoms with van der Waals surface area (Å²) in [6, 6.07) is 12.8. The van der Waals surface area contributed by atoms with E-state index in [1.54, 1.807) is 24.3 Å². The van der Waals surface area contributed by atoms with Crippen LogP contribution < -0.4 is 4.74 Å². The van der Waals surface area contributed by atoms with Gasteiger partial charge < -0.3 is 4.74 Å². The van der Waals surface area contributed by atoms with Crippen LogP contribution in [0.3, 0.4) is 0 Å². The number of benzene rings is 2. The Kier molecular flexibility index (Phi) is 4.17. The summed E-state index contributed by atoms with van der Waals surface area (Å²) in [5.41, 5.74) is 0.966. The highest BCUT2D eigenvalue weighted by molar-refractivity contribution is 6.34. The van der Waals surface area contributed by atoms with E-state index in [0.29, 0.717) is 5.56 Å². The molecule has 0 bridgehead atoms. The Balaban J connectivity index is 2.34. The SMILES string of the molecule is COc1cc(F)ccc1C(=O)C(Cl)c1ccccc1. The molecule has 0 aromatic heterocycles. The van der Waals surface area contributed by atoms with Crippen molar-refractivity contribution < 1.29 is 13.9 Å². The van der Waals surface area contributed by atoms with Crippen molar-refractivity contribution >= 4 is 17.4 Å². The number of methoxy groups -OCH3 is 1. The Labute approximate surface area is 115 Å². The molecular formula is C15H12ClFO2. The molecule has 1 unspecified atom stereocenters. The minimum atomic E-state index is -0.819. The summed E-state index contributed by atoms with van der Waals surface area (Å²) >= 11 is 6.16. The van der Waals surface area contributed by atoms with Crippen LogP contribution in [0, 0.1) is 5.82 Å². The summed E-state index contributed by atoms with van der Waals surface area (Å²) in [5.74, 6) is -0.587. The number of rotatable bonds is 4. The van der Waals surface area contributed by atoms with Crippen molar-refractivity contribution in [3.63, 3.8) is 0 Å². The predicted molar refractivity (Wildman–Crippen MR) is 72.3 cm³/mol. The van der Waals surface area contributed by atoms with Crippen molar-refractivity contribution in [2.75, 3.05) is 7.11 Å². The molecule has 0 aliphatic carbocycles. The molecule has 2 aromatic rings. The summed E-state index contributed by atoms with van der Waals surface area (Å²) in [7, 11) is 1.39. The topological polar surface area (TPSA) is 26.3 Å². The van der Waals surface area contributed by atoms with E-state index in [2.05, 4.69) is 0 Å². The van der Waals surface area contributed by atoms with Crippen LogP contribution in [0.25, 0.3) is 0 Å². The van der Waals surface area contributed by atoms with E-state index in [0.717, 1.165) is 0 Å². The Hall–Kier alpha value is -1.87. The molecular weight excluding hydrogens is 267 g/mol. The van der Waals surface area contributed by atoms with Crippen molar-refractivity contribution in [2.45, 2.75) is 5.38 Å². The first-order valence-electron chi connectivity index (χ1n) is 5.70. The smallest absolute Gasteiger partial charge is 0.188 e. The molecule has 0 amide bonds. The molecule has 0 N–H and O–H groups in total. The molecule has 0 saturated carbocycles. The standard InChI is InChI=1S/C15H12ClFO2/c1-19-13-9-11(17)7-8-12(13)15(18)14(16)10-5-3-2-4-6-10/h2-9,14H,1H3. The Morgan fingerprint density at radius 2 is 1.89 bits per heavy atom. The first-order valence-corrected chi connectivity index (χ1v) is 6.14. The molecule has 0 spiro atoms. The van der Waals surface area contributed by atoms with Crippen molar-refractivity contribution in [1.29, 1.82) is 0 Å². The minimum absolute atomic E-state index is 0.187. The van der Waals surface area contributed by atoms with E-state index < -0.39 is 11.2 Å². The van der Waals surface area contributed by atoms with Crippen molar-refractivity contribution in [3.05, 3.63) is 65.5 Å². The molecule has 0 saturated heterocycles. The molecule has 0 heterocycles. The molecule has 1 atom stereocenters. The average molecular weight is 279 g/mol. The average Bonchev–Trinajstić information content (AvgIpc) is 2.46. The second-order valence-electron chi connectivity index (χ2n) is 3.98. The third kappa shape index (κ3) is 2.93. The van der Waals surface area contributed by atoms with Gasteiger partial charge in [0.1, 0.15) is 16.9 Å². The molecule has 2 nitrogen and oxygen atoms in total. The highest BCUT2D eigenvalue weighted by Gasteiger charge is 2.22. The van der Waals surface area contributed by atoms with Crippen LogP contribution in [0.2, 0.25) is 0 Å². The van der Waals surface area contributed by atoms with Crippen LogP contribution in [0.5, 0.6) is 5.75 Å². The highest BCUT2D eigenvalue weighted by atomic mass is 35.5. The van der Waals surface area contributed by atoms with Gasteiger partial charge in [-0.2, -0.15) is 0 Å². The van der Waals surface area contributed by atoms with Crippen LogP contribution in [0.1, 0.15) is 21.3 Å². The van der Waals surface area contributed by atoms with Gasteiger partial charge in [-0.1, -0.05) is 30.3 Å². The van der Waals surface area contributed by atoms with E-state index in [9.17, 15) is 9.18 Å². The van der Waals surface area contributed by atoms with E-state index in [4.69, 9.17) is 16.3 Å². The molecule has 0 fully saturated rings. The summed E-state index contributed by atoms with van der Waals surface area (Å²) < 4.78 is 18.1. The number of alkyl halides is 1. The molecule has 2 aromatic carbocycles. The first-order chi connectivity index (χ1) is 9.13. The van der Waals surface area contributed by atoms with E-state index in [1.165, 1.54) is 25.3 Å². The second-order valence-corrected chi connectivity index (χ2v) is 4.42. The molecule has 0 aliphatic heterocycles. The first kappa shape index (κ1) is 13.6. The zero-order valence-corrected chi connectivity index (χ0v) is 11.0. The van der Waals surface area contributed by atoms with Crippen LogP contribution in [0.4, 0.5) is 4.39 Å². The van der Waals surface area contributed by atoms with Crippen LogP contribution in [-0.4, -0.2) is 12.9 Å². The van der Waals surface area contributed by atoms with Gasteiger partial charge in [0.25, 0.3) is 0 Å². The number of hydrogen-bond donors (Lipinski definition) is 0. The zero-order valence-electron chi connectivity index (χ0n) is 10.3. The lowest BCUT2D eigenvalue weighted by Gasteiger charge is -2.12. The fraction of sp³-hybridized carbons (Fsp3) is 0.133. The summed E-state index contributed by atoms with van der Waals surface area (Å²) in [6.07, 6.45) is 0. The van der Waals surface area contributed by atoms with Gasteiger partial charge >= 0.3 is 0 Å². The van der Waals surface area contributed by atoms with Gasteiger partial charge in [-0.25, -0.2) is 4.39 Å². The zero-order chi connectivity index (χ0) is 13.8. The van der Waals surface area contributed by atoms with Crippen molar-refractivity contribution in [2.24, 2.45) is 0 Å². The van der Waals surface area contributed by atoms with Crippen LogP contribution in [0.15, 0.2) is 48.5 Å². The molecule has 0 radical (unpaired) electrons. The van der Waals surface area contributed by atoms with E-state index >= 15 is 0 Å². The molecule has 0 aliphatic rings. The second kappa shape index (κ2) is 5.85. The Bertz CT molecular complexity index is 584.